The van der Waals surface area contributed by atoms with E-state index < -0.39 is 0 Å². The number of hydrogen-bond donors (Lipinski definition) is 1. The molecule has 0 heterocycles. The first-order valence-electron chi connectivity index (χ1n) is 6.10. The molecule has 18 heavy (non-hydrogen) atoms. The molecule has 2 aromatic rings. The van der Waals surface area contributed by atoms with Gasteiger partial charge in [-0.15, -0.1) is 0 Å². The number of rotatable bonds is 2. The third kappa shape index (κ3) is 3.08. The monoisotopic (exact) mass is 257 g/mol. The molecule has 0 aliphatic carbocycles. The SMILES string of the molecule is CC(C)(C)c1ccc(Sc2ccccc2N)cc1. The molecule has 0 saturated heterocycles. The van der Waals surface area contributed by atoms with Crippen molar-refractivity contribution in [1.82, 2.24) is 0 Å². The van der Waals surface area contributed by atoms with Gasteiger partial charge in [0.2, 0.25) is 0 Å². The first-order valence-corrected chi connectivity index (χ1v) is 6.91. The molecular weight excluding hydrogens is 238 g/mol. The Morgan fingerprint density at radius 1 is 0.889 bits per heavy atom. The van der Waals surface area contributed by atoms with Gasteiger partial charge in [0, 0.05) is 15.5 Å². The van der Waals surface area contributed by atoms with Crippen LogP contribution < -0.4 is 5.73 Å². The fraction of sp³-hybridized carbons (Fsp3) is 0.250. The van der Waals surface area contributed by atoms with Crippen molar-refractivity contribution in [1.29, 1.82) is 0 Å². The minimum atomic E-state index is 0.203. The molecular formula is C16H19NS. The van der Waals surface area contributed by atoms with Crippen molar-refractivity contribution >= 4 is 17.4 Å². The Morgan fingerprint density at radius 2 is 1.50 bits per heavy atom. The average Bonchev–Trinajstić information content (AvgIpc) is 2.32. The summed E-state index contributed by atoms with van der Waals surface area (Å²) < 4.78 is 0. The van der Waals surface area contributed by atoms with Crippen LogP contribution in [0.25, 0.3) is 0 Å². The topological polar surface area (TPSA) is 26.0 Å². The Balaban J connectivity index is 2.19. The van der Waals surface area contributed by atoms with Crippen molar-refractivity contribution in [3.05, 3.63) is 54.1 Å². The molecule has 0 atom stereocenters. The second-order valence-electron chi connectivity index (χ2n) is 5.41. The Hall–Kier alpha value is -1.41. The predicted octanol–water partition coefficient (Wildman–Crippen LogP) is 4.72. The molecule has 2 aromatic carbocycles. The molecule has 2 heteroatoms. The average molecular weight is 257 g/mol. The fourth-order valence-corrected chi connectivity index (χ4v) is 2.58. The third-order valence-corrected chi connectivity index (χ3v) is 3.97. The highest BCUT2D eigenvalue weighted by atomic mass is 32.2. The van der Waals surface area contributed by atoms with Gasteiger partial charge in [0.15, 0.2) is 0 Å². The second kappa shape index (κ2) is 5.07. The van der Waals surface area contributed by atoms with Crippen LogP contribution in [0.3, 0.4) is 0 Å². The first-order chi connectivity index (χ1) is 8.47. The van der Waals surface area contributed by atoms with E-state index in [1.807, 2.05) is 18.2 Å². The summed E-state index contributed by atoms with van der Waals surface area (Å²) in [5, 5.41) is 0. The van der Waals surface area contributed by atoms with Gasteiger partial charge in [-0.05, 0) is 35.2 Å². The Labute approximate surface area is 113 Å². The predicted molar refractivity (Wildman–Crippen MR) is 80.1 cm³/mol. The summed E-state index contributed by atoms with van der Waals surface area (Å²) in [5.41, 5.74) is 8.34. The molecule has 0 amide bonds. The van der Waals surface area contributed by atoms with E-state index in [-0.39, 0.29) is 5.41 Å². The van der Waals surface area contributed by atoms with Crippen molar-refractivity contribution in [3.8, 4) is 0 Å². The molecule has 0 saturated carbocycles. The van der Waals surface area contributed by atoms with Gasteiger partial charge in [-0.1, -0.05) is 56.8 Å². The van der Waals surface area contributed by atoms with Crippen molar-refractivity contribution in [2.75, 3.05) is 5.73 Å². The summed E-state index contributed by atoms with van der Waals surface area (Å²) in [7, 11) is 0. The second-order valence-corrected chi connectivity index (χ2v) is 6.53. The van der Waals surface area contributed by atoms with Crippen molar-refractivity contribution in [3.63, 3.8) is 0 Å². The van der Waals surface area contributed by atoms with E-state index in [1.165, 1.54) is 10.5 Å². The van der Waals surface area contributed by atoms with Crippen LogP contribution in [-0.4, -0.2) is 0 Å². The maximum Gasteiger partial charge on any atom is 0.0455 e. The van der Waals surface area contributed by atoms with Gasteiger partial charge in [0.05, 0.1) is 0 Å². The zero-order valence-electron chi connectivity index (χ0n) is 11.1. The molecule has 0 bridgehead atoms. The maximum absolute atomic E-state index is 5.95. The highest BCUT2D eigenvalue weighted by Gasteiger charge is 2.13. The van der Waals surface area contributed by atoms with E-state index in [1.54, 1.807) is 11.8 Å². The van der Waals surface area contributed by atoms with Crippen LogP contribution in [0.5, 0.6) is 0 Å². The van der Waals surface area contributed by atoms with Crippen molar-refractivity contribution in [2.45, 2.75) is 36.0 Å². The van der Waals surface area contributed by atoms with Crippen LogP contribution >= 0.6 is 11.8 Å². The summed E-state index contributed by atoms with van der Waals surface area (Å²) in [6, 6.07) is 16.7. The number of nitrogen functional groups attached to an aromatic ring is 1. The van der Waals surface area contributed by atoms with Gasteiger partial charge < -0.3 is 5.73 Å². The summed E-state index contributed by atoms with van der Waals surface area (Å²) >= 11 is 1.71. The van der Waals surface area contributed by atoms with Gasteiger partial charge in [0.1, 0.15) is 0 Å². The van der Waals surface area contributed by atoms with Crippen LogP contribution in [0.2, 0.25) is 0 Å². The molecule has 94 valence electrons. The molecule has 0 aliphatic rings. The first kappa shape index (κ1) is 13.0. The van der Waals surface area contributed by atoms with E-state index in [2.05, 4.69) is 51.1 Å². The smallest absolute Gasteiger partial charge is 0.0455 e. The largest absolute Gasteiger partial charge is 0.398 e. The molecule has 0 aromatic heterocycles. The lowest BCUT2D eigenvalue weighted by atomic mass is 9.87. The Morgan fingerprint density at radius 3 is 2.06 bits per heavy atom. The van der Waals surface area contributed by atoms with Gasteiger partial charge in [-0.3, -0.25) is 0 Å². The third-order valence-electron chi connectivity index (χ3n) is 2.87. The number of para-hydroxylation sites is 1. The molecule has 0 radical (unpaired) electrons. The van der Waals surface area contributed by atoms with Gasteiger partial charge in [-0.25, -0.2) is 0 Å². The molecule has 2 rings (SSSR count). The lowest BCUT2D eigenvalue weighted by Crippen LogP contribution is -2.10. The lowest BCUT2D eigenvalue weighted by Gasteiger charge is -2.19. The minimum absolute atomic E-state index is 0.203. The Bertz CT molecular complexity index is 524. The maximum atomic E-state index is 5.95. The van der Waals surface area contributed by atoms with Gasteiger partial charge >= 0.3 is 0 Å². The van der Waals surface area contributed by atoms with Crippen LogP contribution in [0.4, 0.5) is 5.69 Å². The summed E-state index contributed by atoms with van der Waals surface area (Å²) in [6.07, 6.45) is 0. The molecule has 0 unspecified atom stereocenters. The highest BCUT2D eigenvalue weighted by molar-refractivity contribution is 7.99. The summed E-state index contributed by atoms with van der Waals surface area (Å²) in [4.78, 5) is 2.34. The van der Waals surface area contributed by atoms with E-state index in [9.17, 15) is 0 Å². The molecule has 0 spiro atoms. The number of benzene rings is 2. The van der Waals surface area contributed by atoms with Crippen LogP contribution in [0.15, 0.2) is 58.3 Å². The fourth-order valence-electron chi connectivity index (χ4n) is 1.72. The van der Waals surface area contributed by atoms with E-state index in [4.69, 9.17) is 5.73 Å². The lowest BCUT2D eigenvalue weighted by molar-refractivity contribution is 0.590. The molecule has 2 N–H and O–H groups in total. The summed E-state index contributed by atoms with van der Waals surface area (Å²) in [6.45, 7) is 6.68. The number of hydrogen-bond acceptors (Lipinski definition) is 2. The van der Waals surface area contributed by atoms with Crippen molar-refractivity contribution < 1.29 is 0 Å². The molecule has 1 nitrogen and oxygen atoms in total. The van der Waals surface area contributed by atoms with Crippen molar-refractivity contribution in [2.24, 2.45) is 0 Å². The van der Waals surface area contributed by atoms with E-state index in [0.29, 0.717) is 0 Å². The van der Waals surface area contributed by atoms with Gasteiger partial charge in [-0.2, -0.15) is 0 Å². The normalized spacial score (nSPS) is 11.5. The molecule has 0 fully saturated rings. The molecule has 0 aliphatic heterocycles. The van der Waals surface area contributed by atoms with E-state index in [0.717, 1.165) is 10.6 Å². The van der Waals surface area contributed by atoms with Crippen LogP contribution in [0.1, 0.15) is 26.3 Å². The minimum Gasteiger partial charge on any atom is -0.398 e. The highest BCUT2D eigenvalue weighted by Crippen LogP contribution is 2.33. The Kier molecular flexibility index (Phi) is 3.67. The van der Waals surface area contributed by atoms with Crippen LogP contribution in [0, 0.1) is 0 Å². The number of nitrogens with two attached hydrogens (primary N) is 1. The zero-order chi connectivity index (χ0) is 13.2. The van der Waals surface area contributed by atoms with Crippen LogP contribution in [-0.2, 0) is 5.41 Å². The van der Waals surface area contributed by atoms with Gasteiger partial charge in [0.25, 0.3) is 0 Å². The summed E-state index contributed by atoms with van der Waals surface area (Å²) in [5.74, 6) is 0. The standard InChI is InChI=1S/C16H19NS/c1-16(2,3)12-8-10-13(11-9-12)18-15-7-5-4-6-14(15)17/h4-11H,17H2,1-3H3. The quantitative estimate of drug-likeness (QED) is 0.788. The van der Waals surface area contributed by atoms with E-state index >= 15 is 0 Å². The number of anilines is 1. The zero-order valence-corrected chi connectivity index (χ0v) is 11.9.